The number of ether oxygens (including phenoxy) is 1. The molecule has 0 spiro atoms. The number of aromatic nitrogens is 4. The predicted molar refractivity (Wildman–Crippen MR) is 123 cm³/mol. The topological polar surface area (TPSA) is 91.0 Å². The Morgan fingerprint density at radius 3 is 2.53 bits per heavy atom. The fourth-order valence-corrected chi connectivity index (χ4v) is 3.71. The average molecular weight is 431 g/mol. The zero-order chi connectivity index (χ0) is 22.7. The number of benzene rings is 2. The van der Waals surface area contributed by atoms with Crippen molar-refractivity contribution in [3.8, 4) is 11.4 Å². The summed E-state index contributed by atoms with van der Waals surface area (Å²) in [6.45, 7) is 4.25. The van der Waals surface area contributed by atoms with E-state index in [1.54, 1.807) is 28.5 Å². The largest absolute Gasteiger partial charge is 0.495 e. The molecule has 4 rings (SSSR count). The number of carbonyl (C=O) groups excluding carboxylic acids is 1. The Bertz CT molecular complexity index is 1320. The van der Waals surface area contributed by atoms with Gasteiger partial charge in [-0.15, -0.1) is 0 Å². The summed E-state index contributed by atoms with van der Waals surface area (Å²) >= 11 is 0. The number of anilines is 1. The third kappa shape index (κ3) is 3.99. The SMILES string of the molecule is CCn1c(=O)c(CCC(=O)Nc2ccccc2OC)nc2c(C)nn(-c3ccccc3)c21. The molecule has 8 heteroatoms. The van der Waals surface area contributed by atoms with Gasteiger partial charge in [0, 0.05) is 19.4 Å². The van der Waals surface area contributed by atoms with Gasteiger partial charge in [-0.2, -0.15) is 5.10 Å². The van der Waals surface area contributed by atoms with Crippen LogP contribution in [0.3, 0.4) is 0 Å². The third-order valence-electron chi connectivity index (χ3n) is 5.29. The Kier molecular flexibility index (Phi) is 6.02. The second-order valence-electron chi connectivity index (χ2n) is 7.36. The Labute approximate surface area is 185 Å². The summed E-state index contributed by atoms with van der Waals surface area (Å²) in [7, 11) is 1.55. The fraction of sp³-hybridized carbons (Fsp3) is 0.250. The first-order chi connectivity index (χ1) is 15.5. The molecule has 0 aliphatic heterocycles. The van der Waals surface area contributed by atoms with Gasteiger partial charge in [0.1, 0.15) is 17.0 Å². The molecule has 0 saturated heterocycles. The molecule has 8 nitrogen and oxygen atoms in total. The highest BCUT2D eigenvalue weighted by molar-refractivity contribution is 5.92. The summed E-state index contributed by atoms with van der Waals surface area (Å²) < 4.78 is 8.69. The highest BCUT2D eigenvalue weighted by Gasteiger charge is 2.19. The zero-order valence-corrected chi connectivity index (χ0v) is 18.3. The number of rotatable bonds is 7. The van der Waals surface area contributed by atoms with Gasteiger partial charge in [0.15, 0.2) is 5.65 Å². The molecule has 1 N–H and O–H groups in total. The van der Waals surface area contributed by atoms with Crippen LogP contribution in [0.4, 0.5) is 5.69 Å². The standard InChI is InChI=1S/C24H25N5O3/c1-4-28-23-22(16(2)27-29(23)17-10-6-5-7-11-17)26-19(24(28)31)14-15-21(30)25-18-12-8-9-13-20(18)32-3/h5-13H,4,14-15H2,1-3H3,(H,25,30). The summed E-state index contributed by atoms with van der Waals surface area (Å²) in [5.41, 5.74) is 3.64. The fourth-order valence-electron chi connectivity index (χ4n) is 3.71. The minimum atomic E-state index is -0.212. The summed E-state index contributed by atoms with van der Waals surface area (Å²) in [5.74, 6) is 0.369. The van der Waals surface area contributed by atoms with E-state index in [1.807, 2.05) is 56.3 Å². The molecular weight excluding hydrogens is 406 g/mol. The lowest BCUT2D eigenvalue weighted by Gasteiger charge is -2.11. The van der Waals surface area contributed by atoms with Gasteiger partial charge < -0.3 is 10.1 Å². The van der Waals surface area contributed by atoms with Gasteiger partial charge in [0.2, 0.25) is 5.91 Å². The van der Waals surface area contributed by atoms with Crippen LogP contribution in [0.1, 0.15) is 24.7 Å². The van der Waals surface area contributed by atoms with Gasteiger partial charge in [-0.05, 0) is 38.1 Å². The molecular formula is C24H25N5O3. The van der Waals surface area contributed by atoms with Crippen molar-refractivity contribution in [3.63, 3.8) is 0 Å². The maximum absolute atomic E-state index is 13.2. The van der Waals surface area contributed by atoms with Crippen LogP contribution in [0, 0.1) is 6.92 Å². The number of amides is 1. The van der Waals surface area contributed by atoms with Gasteiger partial charge in [0.05, 0.1) is 24.2 Å². The van der Waals surface area contributed by atoms with Crippen molar-refractivity contribution in [2.24, 2.45) is 0 Å². The van der Waals surface area contributed by atoms with Crippen LogP contribution in [0.25, 0.3) is 16.9 Å². The van der Waals surface area contributed by atoms with Gasteiger partial charge in [-0.25, -0.2) is 9.67 Å². The van der Waals surface area contributed by atoms with E-state index in [4.69, 9.17) is 4.74 Å². The van der Waals surface area contributed by atoms with Crippen LogP contribution in [-0.2, 0) is 17.8 Å². The lowest BCUT2D eigenvalue weighted by molar-refractivity contribution is -0.116. The molecule has 1 amide bonds. The number of nitrogens with zero attached hydrogens (tertiary/aromatic N) is 4. The quantitative estimate of drug-likeness (QED) is 0.484. The Balaban J connectivity index is 1.64. The van der Waals surface area contributed by atoms with Crippen LogP contribution in [0.15, 0.2) is 59.4 Å². The molecule has 0 fully saturated rings. The average Bonchev–Trinajstić information content (AvgIpc) is 3.14. The van der Waals surface area contributed by atoms with Crippen molar-refractivity contribution < 1.29 is 9.53 Å². The highest BCUT2D eigenvalue weighted by atomic mass is 16.5. The Morgan fingerprint density at radius 2 is 1.81 bits per heavy atom. The monoisotopic (exact) mass is 431 g/mol. The molecule has 0 aliphatic rings. The van der Waals surface area contributed by atoms with Crippen molar-refractivity contribution in [1.82, 2.24) is 19.3 Å². The maximum atomic E-state index is 13.2. The number of aryl methyl sites for hydroxylation is 3. The lowest BCUT2D eigenvalue weighted by Crippen LogP contribution is -2.27. The number of hydrogen-bond acceptors (Lipinski definition) is 5. The first-order valence-corrected chi connectivity index (χ1v) is 10.5. The van der Waals surface area contributed by atoms with E-state index in [0.717, 1.165) is 11.4 Å². The molecule has 32 heavy (non-hydrogen) atoms. The normalized spacial score (nSPS) is 11.0. The van der Waals surface area contributed by atoms with E-state index in [-0.39, 0.29) is 24.3 Å². The van der Waals surface area contributed by atoms with E-state index < -0.39 is 0 Å². The lowest BCUT2D eigenvalue weighted by atomic mass is 10.2. The second kappa shape index (κ2) is 9.05. The number of fused-ring (bicyclic) bond motifs is 1. The van der Waals surface area contributed by atoms with E-state index in [9.17, 15) is 9.59 Å². The van der Waals surface area contributed by atoms with Gasteiger partial charge in [0.25, 0.3) is 5.56 Å². The van der Waals surface area contributed by atoms with E-state index >= 15 is 0 Å². The molecule has 0 radical (unpaired) electrons. The molecule has 0 aliphatic carbocycles. The van der Waals surface area contributed by atoms with Crippen molar-refractivity contribution in [2.45, 2.75) is 33.2 Å². The minimum Gasteiger partial charge on any atom is -0.495 e. The van der Waals surface area contributed by atoms with Crippen molar-refractivity contribution in [1.29, 1.82) is 0 Å². The molecule has 0 saturated carbocycles. The number of carbonyl (C=O) groups is 1. The Morgan fingerprint density at radius 1 is 1.09 bits per heavy atom. The summed E-state index contributed by atoms with van der Waals surface area (Å²) in [6, 6.07) is 16.9. The van der Waals surface area contributed by atoms with Gasteiger partial charge in [-0.1, -0.05) is 30.3 Å². The van der Waals surface area contributed by atoms with Crippen molar-refractivity contribution in [2.75, 3.05) is 12.4 Å². The second-order valence-corrected chi connectivity index (χ2v) is 7.36. The van der Waals surface area contributed by atoms with Crippen LogP contribution in [0.5, 0.6) is 5.75 Å². The van der Waals surface area contributed by atoms with E-state index in [0.29, 0.717) is 34.8 Å². The molecule has 0 bridgehead atoms. The predicted octanol–water partition coefficient (Wildman–Crippen LogP) is 3.49. The number of nitrogens with one attached hydrogen (secondary N) is 1. The third-order valence-corrected chi connectivity index (χ3v) is 5.29. The molecule has 2 aromatic heterocycles. The van der Waals surface area contributed by atoms with Crippen LogP contribution in [0.2, 0.25) is 0 Å². The first kappa shape index (κ1) is 21.3. The summed E-state index contributed by atoms with van der Waals surface area (Å²) in [6.07, 6.45) is 0.354. The van der Waals surface area contributed by atoms with Crippen LogP contribution in [-0.4, -0.2) is 32.3 Å². The number of hydrogen-bond donors (Lipinski definition) is 1. The van der Waals surface area contributed by atoms with E-state index in [2.05, 4.69) is 15.4 Å². The smallest absolute Gasteiger partial charge is 0.273 e. The van der Waals surface area contributed by atoms with Gasteiger partial charge in [-0.3, -0.25) is 14.2 Å². The molecule has 4 aromatic rings. The molecule has 164 valence electrons. The number of para-hydroxylation sites is 3. The van der Waals surface area contributed by atoms with Crippen LogP contribution >= 0.6 is 0 Å². The van der Waals surface area contributed by atoms with Crippen molar-refractivity contribution in [3.05, 3.63) is 76.3 Å². The van der Waals surface area contributed by atoms with Crippen molar-refractivity contribution >= 4 is 22.8 Å². The highest BCUT2D eigenvalue weighted by Crippen LogP contribution is 2.23. The van der Waals surface area contributed by atoms with Gasteiger partial charge >= 0.3 is 0 Å². The molecule has 2 heterocycles. The Hall–Kier alpha value is -3.94. The molecule has 2 aromatic carbocycles. The maximum Gasteiger partial charge on any atom is 0.273 e. The minimum absolute atomic E-state index is 0.126. The molecule has 0 atom stereocenters. The van der Waals surface area contributed by atoms with E-state index in [1.165, 1.54) is 0 Å². The van der Waals surface area contributed by atoms with Crippen LogP contribution < -0.4 is 15.6 Å². The zero-order valence-electron chi connectivity index (χ0n) is 18.3. The summed E-state index contributed by atoms with van der Waals surface area (Å²) in [5, 5.41) is 7.46. The first-order valence-electron chi connectivity index (χ1n) is 10.5. The number of methoxy groups -OCH3 is 1. The molecule has 0 unspecified atom stereocenters. The summed E-state index contributed by atoms with van der Waals surface area (Å²) in [4.78, 5) is 30.3.